The second kappa shape index (κ2) is 8.58. The van der Waals surface area contributed by atoms with Gasteiger partial charge in [-0.05, 0) is 56.3 Å². The number of benzene rings is 2. The van der Waals surface area contributed by atoms with Gasteiger partial charge in [0.15, 0.2) is 4.80 Å². The first-order valence-electron chi connectivity index (χ1n) is 8.59. The van der Waals surface area contributed by atoms with Gasteiger partial charge >= 0.3 is 5.97 Å². The number of halogens is 1. The fourth-order valence-electron chi connectivity index (χ4n) is 2.58. The number of thiazole rings is 1. The monoisotopic (exact) mass is 418 g/mol. The van der Waals surface area contributed by atoms with Gasteiger partial charge in [-0.25, -0.2) is 0 Å². The van der Waals surface area contributed by atoms with Crippen molar-refractivity contribution in [2.75, 3.05) is 7.11 Å². The molecule has 0 N–H and O–H groups in total. The molecule has 1 amide bonds. The summed E-state index contributed by atoms with van der Waals surface area (Å²) in [5.74, 6) is -0.157. The average molecular weight is 419 g/mol. The van der Waals surface area contributed by atoms with Crippen LogP contribution >= 0.6 is 22.9 Å². The maximum absolute atomic E-state index is 12.6. The molecule has 0 radical (unpaired) electrons. The van der Waals surface area contributed by atoms with Crippen molar-refractivity contribution in [3.05, 3.63) is 57.9 Å². The van der Waals surface area contributed by atoms with Crippen LogP contribution in [0, 0.1) is 0 Å². The largest absolute Gasteiger partial charge is 0.491 e. The minimum Gasteiger partial charge on any atom is -0.491 e. The third kappa shape index (κ3) is 4.61. The van der Waals surface area contributed by atoms with Gasteiger partial charge in [0.1, 0.15) is 12.3 Å². The number of esters is 1. The van der Waals surface area contributed by atoms with E-state index in [1.165, 1.54) is 18.4 Å². The lowest BCUT2D eigenvalue weighted by molar-refractivity contribution is -0.141. The fraction of sp³-hybridized carbons (Fsp3) is 0.250. The Morgan fingerprint density at radius 1 is 1.18 bits per heavy atom. The van der Waals surface area contributed by atoms with Gasteiger partial charge in [-0.3, -0.25) is 9.59 Å². The summed E-state index contributed by atoms with van der Waals surface area (Å²) in [5.41, 5.74) is 1.18. The quantitative estimate of drug-likeness (QED) is 0.586. The molecule has 2 aromatic carbocycles. The van der Waals surface area contributed by atoms with Crippen LogP contribution in [0.15, 0.2) is 47.5 Å². The molecule has 0 saturated carbocycles. The number of carbonyl (C=O) groups is 2. The number of aromatic nitrogens is 1. The Hall–Kier alpha value is -2.64. The zero-order valence-electron chi connectivity index (χ0n) is 15.6. The van der Waals surface area contributed by atoms with Gasteiger partial charge < -0.3 is 14.0 Å². The van der Waals surface area contributed by atoms with E-state index in [4.69, 9.17) is 21.1 Å². The zero-order chi connectivity index (χ0) is 20.3. The van der Waals surface area contributed by atoms with Crippen LogP contribution in [0.1, 0.15) is 24.2 Å². The molecule has 0 aliphatic rings. The highest BCUT2D eigenvalue weighted by Gasteiger charge is 2.13. The summed E-state index contributed by atoms with van der Waals surface area (Å²) in [6.07, 6.45) is 0.0499. The molecule has 1 heterocycles. The molecule has 146 valence electrons. The maximum Gasteiger partial charge on any atom is 0.325 e. The van der Waals surface area contributed by atoms with E-state index in [0.29, 0.717) is 21.1 Å². The number of fused-ring (bicyclic) bond motifs is 1. The van der Waals surface area contributed by atoms with Crippen molar-refractivity contribution in [3.8, 4) is 5.75 Å². The average Bonchev–Trinajstić information content (AvgIpc) is 2.97. The molecule has 3 rings (SSSR count). The summed E-state index contributed by atoms with van der Waals surface area (Å²) in [7, 11) is 1.32. The summed E-state index contributed by atoms with van der Waals surface area (Å²) in [5, 5.41) is 0.567. The van der Waals surface area contributed by atoms with Crippen molar-refractivity contribution >= 4 is 45.0 Å². The second-order valence-corrected chi connectivity index (χ2v) is 7.71. The molecule has 0 spiro atoms. The Kier molecular flexibility index (Phi) is 6.16. The Bertz CT molecular complexity index is 1080. The molecule has 0 aliphatic carbocycles. The van der Waals surface area contributed by atoms with E-state index in [-0.39, 0.29) is 12.6 Å². The van der Waals surface area contributed by atoms with Gasteiger partial charge in [0, 0.05) is 10.6 Å². The van der Waals surface area contributed by atoms with Crippen molar-refractivity contribution in [3.63, 3.8) is 0 Å². The van der Waals surface area contributed by atoms with Crippen LogP contribution < -0.4 is 9.54 Å². The molecular formula is C20H19ClN2O4S. The molecule has 6 nitrogen and oxygen atoms in total. The number of amides is 1. The highest BCUT2D eigenvalue weighted by atomic mass is 35.5. The highest BCUT2D eigenvalue weighted by molar-refractivity contribution is 7.16. The number of hydrogen-bond donors (Lipinski definition) is 0. The number of rotatable bonds is 5. The van der Waals surface area contributed by atoms with E-state index in [0.717, 1.165) is 10.2 Å². The Morgan fingerprint density at radius 3 is 2.54 bits per heavy atom. The summed E-state index contributed by atoms with van der Waals surface area (Å²) in [6, 6.07) is 12.1. The third-order valence-corrected chi connectivity index (χ3v) is 5.11. The van der Waals surface area contributed by atoms with Gasteiger partial charge in [0.2, 0.25) is 0 Å². The second-order valence-electron chi connectivity index (χ2n) is 6.27. The van der Waals surface area contributed by atoms with E-state index in [1.54, 1.807) is 47.0 Å². The topological polar surface area (TPSA) is 69.9 Å². The molecule has 0 atom stereocenters. The van der Waals surface area contributed by atoms with Crippen LogP contribution in [0.5, 0.6) is 5.75 Å². The number of nitrogens with zero attached hydrogens (tertiary/aromatic N) is 2. The van der Waals surface area contributed by atoms with Crippen molar-refractivity contribution in [1.82, 2.24) is 4.57 Å². The Balaban J connectivity index is 2.01. The van der Waals surface area contributed by atoms with E-state index in [1.807, 2.05) is 13.8 Å². The van der Waals surface area contributed by atoms with Crippen LogP contribution in [0.4, 0.5) is 0 Å². The number of methoxy groups -OCH3 is 1. The van der Waals surface area contributed by atoms with E-state index in [2.05, 4.69) is 4.99 Å². The van der Waals surface area contributed by atoms with Crippen LogP contribution in [-0.4, -0.2) is 29.7 Å². The van der Waals surface area contributed by atoms with E-state index >= 15 is 0 Å². The molecule has 1 aromatic heterocycles. The molecule has 8 heteroatoms. The molecular weight excluding hydrogens is 400 g/mol. The standard InChI is InChI=1S/C20H19ClN2O4S/c1-12(2)27-15-7-4-13(5-8-15)19(25)22-20-23(11-18(24)26-3)16-9-6-14(21)10-17(16)28-20/h4-10,12H,11H2,1-3H3. The predicted octanol–water partition coefficient (Wildman–Crippen LogP) is 4.06. The minimum absolute atomic E-state index is 0.0499. The van der Waals surface area contributed by atoms with Crippen LogP contribution in [0.2, 0.25) is 5.02 Å². The first-order chi connectivity index (χ1) is 13.4. The first kappa shape index (κ1) is 20.1. The molecule has 0 fully saturated rings. The van der Waals surface area contributed by atoms with Crippen LogP contribution in [0.3, 0.4) is 0 Å². The van der Waals surface area contributed by atoms with Crippen molar-refractivity contribution in [2.24, 2.45) is 4.99 Å². The van der Waals surface area contributed by atoms with E-state index < -0.39 is 11.9 Å². The lowest BCUT2D eigenvalue weighted by Crippen LogP contribution is -2.22. The lowest BCUT2D eigenvalue weighted by Gasteiger charge is -2.09. The smallest absolute Gasteiger partial charge is 0.325 e. The molecule has 0 aliphatic heterocycles. The maximum atomic E-state index is 12.6. The van der Waals surface area contributed by atoms with Crippen LogP contribution in [0.25, 0.3) is 10.2 Å². The third-order valence-electron chi connectivity index (χ3n) is 3.83. The summed E-state index contributed by atoms with van der Waals surface area (Å²) < 4.78 is 12.8. The minimum atomic E-state index is -0.432. The molecule has 28 heavy (non-hydrogen) atoms. The summed E-state index contributed by atoms with van der Waals surface area (Å²) in [6.45, 7) is 3.82. The molecule has 0 saturated heterocycles. The van der Waals surface area contributed by atoms with Crippen molar-refractivity contribution in [2.45, 2.75) is 26.5 Å². The summed E-state index contributed by atoms with van der Waals surface area (Å²) in [4.78, 5) is 29.1. The normalized spacial score (nSPS) is 11.8. The SMILES string of the molecule is COC(=O)Cn1c(=NC(=O)c2ccc(OC(C)C)cc2)sc2cc(Cl)ccc21. The Labute approximate surface area is 171 Å². The predicted molar refractivity (Wildman–Crippen MR) is 109 cm³/mol. The van der Waals surface area contributed by atoms with Gasteiger partial charge in [-0.1, -0.05) is 22.9 Å². The van der Waals surface area contributed by atoms with Gasteiger partial charge in [-0.15, -0.1) is 0 Å². The lowest BCUT2D eigenvalue weighted by atomic mass is 10.2. The molecule has 0 unspecified atom stereocenters. The zero-order valence-corrected chi connectivity index (χ0v) is 17.2. The fourth-order valence-corrected chi connectivity index (χ4v) is 3.88. The first-order valence-corrected chi connectivity index (χ1v) is 9.78. The van der Waals surface area contributed by atoms with E-state index in [9.17, 15) is 9.59 Å². The number of hydrogen-bond acceptors (Lipinski definition) is 5. The van der Waals surface area contributed by atoms with Crippen molar-refractivity contribution in [1.29, 1.82) is 0 Å². The van der Waals surface area contributed by atoms with Crippen LogP contribution in [-0.2, 0) is 16.1 Å². The van der Waals surface area contributed by atoms with Crippen molar-refractivity contribution < 1.29 is 19.1 Å². The highest BCUT2D eigenvalue weighted by Crippen LogP contribution is 2.22. The number of ether oxygens (including phenoxy) is 2. The Morgan fingerprint density at radius 2 is 1.89 bits per heavy atom. The van der Waals surface area contributed by atoms with Gasteiger partial charge in [-0.2, -0.15) is 4.99 Å². The van der Waals surface area contributed by atoms with Gasteiger partial charge in [0.25, 0.3) is 5.91 Å². The van der Waals surface area contributed by atoms with Gasteiger partial charge in [0.05, 0.1) is 23.4 Å². The summed E-state index contributed by atoms with van der Waals surface area (Å²) >= 11 is 7.35. The number of carbonyl (C=O) groups excluding carboxylic acids is 2. The molecule has 0 bridgehead atoms. The molecule has 3 aromatic rings.